The number of ether oxygens (including phenoxy) is 1. The Morgan fingerprint density at radius 3 is 2.18 bits per heavy atom. The predicted octanol–water partition coefficient (Wildman–Crippen LogP) is 6.08. The molecule has 0 saturated carbocycles. The molecule has 3 heterocycles. The summed E-state index contributed by atoms with van der Waals surface area (Å²) in [7, 11) is 0. The number of carbonyl (C=O) groups excluding carboxylic acids is 2. The average molecular weight is 447 g/mol. The number of hydrogen-bond donors (Lipinski definition) is 0. The lowest BCUT2D eigenvalue weighted by Gasteiger charge is -2.08. The SMILES string of the molecule is CCOC(=O)c1c(-c2ccccc2)c(C(=O)c2ccccc2)c2cc(-c3ccncc3)ccn12. The van der Waals surface area contributed by atoms with Gasteiger partial charge in [0.15, 0.2) is 5.78 Å². The monoisotopic (exact) mass is 446 g/mol. The molecule has 0 aliphatic carbocycles. The molecule has 5 nitrogen and oxygen atoms in total. The van der Waals surface area contributed by atoms with E-state index in [2.05, 4.69) is 4.98 Å². The zero-order valence-corrected chi connectivity index (χ0v) is 18.6. The molecule has 0 fully saturated rings. The van der Waals surface area contributed by atoms with Crippen molar-refractivity contribution in [2.75, 3.05) is 6.61 Å². The summed E-state index contributed by atoms with van der Waals surface area (Å²) < 4.78 is 7.20. The van der Waals surface area contributed by atoms with Crippen LogP contribution < -0.4 is 0 Å². The van der Waals surface area contributed by atoms with Gasteiger partial charge in [0, 0.05) is 29.7 Å². The second kappa shape index (κ2) is 9.16. The summed E-state index contributed by atoms with van der Waals surface area (Å²) >= 11 is 0. The number of benzene rings is 2. The van der Waals surface area contributed by atoms with Gasteiger partial charge >= 0.3 is 5.97 Å². The average Bonchev–Trinajstić information content (AvgIpc) is 3.24. The topological polar surface area (TPSA) is 60.7 Å². The lowest BCUT2D eigenvalue weighted by molar-refractivity contribution is 0.0519. The summed E-state index contributed by atoms with van der Waals surface area (Å²) in [6, 6.07) is 26.3. The highest BCUT2D eigenvalue weighted by Crippen LogP contribution is 2.37. The summed E-state index contributed by atoms with van der Waals surface area (Å²) in [6.07, 6.45) is 5.28. The van der Waals surface area contributed by atoms with E-state index in [1.807, 2.05) is 79.0 Å². The Labute approximate surface area is 197 Å². The number of carbonyl (C=O) groups is 2. The molecule has 0 aliphatic heterocycles. The first-order valence-corrected chi connectivity index (χ1v) is 11.1. The van der Waals surface area contributed by atoms with Gasteiger partial charge in [0.1, 0.15) is 5.69 Å². The first-order chi connectivity index (χ1) is 16.7. The lowest BCUT2D eigenvalue weighted by atomic mass is 9.94. The zero-order valence-electron chi connectivity index (χ0n) is 18.6. The first-order valence-electron chi connectivity index (χ1n) is 11.1. The minimum Gasteiger partial charge on any atom is -0.461 e. The van der Waals surface area contributed by atoms with Gasteiger partial charge in [-0.3, -0.25) is 9.78 Å². The fraction of sp³-hybridized carbons (Fsp3) is 0.0690. The Bertz CT molecular complexity index is 1470. The summed E-state index contributed by atoms with van der Waals surface area (Å²) in [5.74, 6) is -0.625. The van der Waals surface area contributed by atoms with Crippen LogP contribution in [0.2, 0.25) is 0 Å². The lowest BCUT2D eigenvalue weighted by Crippen LogP contribution is -2.09. The Balaban J connectivity index is 1.87. The molecule has 5 rings (SSSR count). The van der Waals surface area contributed by atoms with Gasteiger partial charge in [-0.25, -0.2) is 4.79 Å². The van der Waals surface area contributed by atoms with Gasteiger partial charge in [0.05, 0.1) is 17.7 Å². The number of pyridine rings is 2. The van der Waals surface area contributed by atoms with Crippen LogP contribution in [0.25, 0.3) is 27.8 Å². The van der Waals surface area contributed by atoms with Crippen molar-refractivity contribution in [2.45, 2.75) is 6.92 Å². The highest BCUT2D eigenvalue weighted by Gasteiger charge is 2.29. The molecule has 34 heavy (non-hydrogen) atoms. The maximum Gasteiger partial charge on any atom is 0.355 e. The smallest absolute Gasteiger partial charge is 0.355 e. The van der Waals surface area contributed by atoms with Crippen molar-refractivity contribution in [1.29, 1.82) is 0 Å². The van der Waals surface area contributed by atoms with Crippen molar-refractivity contribution in [3.8, 4) is 22.3 Å². The van der Waals surface area contributed by atoms with Crippen molar-refractivity contribution >= 4 is 17.3 Å². The molecule has 5 heteroatoms. The molecule has 0 saturated heterocycles. The minimum atomic E-state index is -0.472. The van der Waals surface area contributed by atoms with E-state index in [0.717, 1.165) is 16.7 Å². The van der Waals surface area contributed by atoms with Crippen molar-refractivity contribution < 1.29 is 14.3 Å². The van der Waals surface area contributed by atoms with Gasteiger partial charge < -0.3 is 9.14 Å². The molecule has 0 atom stereocenters. The van der Waals surface area contributed by atoms with Crippen LogP contribution in [0.15, 0.2) is 104 Å². The number of aromatic nitrogens is 2. The Morgan fingerprint density at radius 1 is 0.824 bits per heavy atom. The molecule has 2 aromatic carbocycles. The maximum absolute atomic E-state index is 13.9. The standard InChI is InChI=1S/C29H22N2O3/c1-2-34-29(33)27-25(21-9-5-3-6-10-21)26(28(32)22-11-7-4-8-12-22)24-19-23(15-18-31(24)27)20-13-16-30-17-14-20/h3-19H,2H2,1H3. The van der Waals surface area contributed by atoms with Crippen LogP contribution >= 0.6 is 0 Å². The third-order valence-corrected chi connectivity index (χ3v) is 5.75. The number of nitrogens with zero attached hydrogens (tertiary/aromatic N) is 2. The van der Waals surface area contributed by atoms with Crippen LogP contribution in [0.5, 0.6) is 0 Å². The predicted molar refractivity (Wildman–Crippen MR) is 132 cm³/mol. The molecule has 0 bridgehead atoms. The van der Waals surface area contributed by atoms with Crippen LogP contribution in [0.1, 0.15) is 33.3 Å². The van der Waals surface area contributed by atoms with Gasteiger partial charge in [0.25, 0.3) is 0 Å². The number of fused-ring (bicyclic) bond motifs is 1. The van der Waals surface area contributed by atoms with Gasteiger partial charge in [-0.1, -0.05) is 60.7 Å². The third-order valence-electron chi connectivity index (χ3n) is 5.75. The van der Waals surface area contributed by atoms with Crippen LogP contribution in [0, 0.1) is 0 Å². The molecule has 0 amide bonds. The van der Waals surface area contributed by atoms with E-state index >= 15 is 0 Å². The van der Waals surface area contributed by atoms with Crippen molar-refractivity contribution in [2.24, 2.45) is 0 Å². The van der Waals surface area contributed by atoms with E-state index in [-0.39, 0.29) is 12.4 Å². The maximum atomic E-state index is 13.9. The molecule has 0 aliphatic rings. The zero-order chi connectivity index (χ0) is 23.5. The molecule has 0 spiro atoms. The number of hydrogen-bond acceptors (Lipinski definition) is 4. The largest absolute Gasteiger partial charge is 0.461 e. The fourth-order valence-corrected chi connectivity index (χ4v) is 4.23. The van der Waals surface area contributed by atoms with Gasteiger partial charge in [-0.2, -0.15) is 0 Å². The van der Waals surface area contributed by atoms with E-state index in [1.165, 1.54) is 0 Å². The highest BCUT2D eigenvalue weighted by atomic mass is 16.5. The van der Waals surface area contributed by atoms with E-state index in [9.17, 15) is 9.59 Å². The van der Waals surface area contributed by atoms with Crippen molar-refractivity contribution in [1.82, 2.24) is 9.38 Å². The summed E-state index contributed by atoms with van der Waals surface area (Å²) in [6.45, 7) is 2.00. The van der Waals surface area contributed by atoms with Crippen LogP contribution in [0.3, 0.4) is 0 Å². The van der Waals surface area contributed by atoms with E-state index in [0.29, 0.717) is 27.9 Å². The summed E-state index contributed by atoms with van der Waals surface area (Å²) in [5.41, 5.74) is 5.24. The Morgan fingerprint density at radius 2 is 1.50 bits per heavy atom. The first kappa shape index (κ1) is 21.3. The normalized spacial score (nSPS) is 10.9. The second-order valence-corrected chi connectivity index (χ2v) is 7.79. The highest BCUT2D eigenvalue weighted by molar-refractivity contribution is 6.20. The minimum absolute atomic E-state index is 0.153. The second-order valence-electron chi connectivity index (χ2n) is 7.79. The van der Waals surface area contributed by atoms with Crippen molar-refractivity contribution in [3.63, 3.8) is 0 Å². The van der Waals surface area contributed by atoms with E-state index in [1.54, 1.807) is 35.9 Å². The third kappa shape index (κ3) is 3.77. The van der Waals surface area contributed by atoms with Crippen molar-refractivity contribution in [3.05, 3.63) is 120 Å². The quantitative estimate of drug-likeness (QED) is 0.234. The Hall–Kier alpha value is -4.51. The molecular weight excluding hydrogens is 424 g/mol. The number of esters is 1. The summed E-state index contributed by atoms with van der Waals surface area (Å²) in [4.78, 5) is 31.2. The molecule has 166 valence electrons. The molecule has 0 radical (unpaired) electrons. The van der Waals surface area contributed by atoms with E-state index < -0.39 is 5.97 Å². The van der Waals surface area contributed by atoms with Gasteiger partial charge in [-0.15, -0.1) is 0 Å². The van der Waals surface area contributed by atoms with Crippen LogP contribution in [-0.4, -0.2) is 27.7 Å². The number of ketones is 1. The van der Waals surface area contributed by atoms with Crippen LogP contribution in [-0.2, 0) is 4.74 Å². The molecule has 0 N–H and O–H groups in total. The molecule has 5 aromatic rings. The molecule has 0 unspecified atom stereocenters. The van der Waals surface area contributed by atoms with E-state index in [4.69, 9.17) is 4.74 Å². The van der Waals surface area contributed by atoms with Crippen LogP contribution in [0.4, 0.5) is 0 Å². The molecule has 3 aromatic heterocycles. The fourth-order valence-electron chi connectivity index (χ4n) is 4.23. The molecular formula is C29H22N2O3. The van der Waals surface area contributed by atoms with Gasteiger partial charge in [-0.05, 0) is 47.9 Å². The summed E-state index contributed by atoms with van der Waals surface area (Å²) in [5, 5.41) is 0. The number of rotatable bonds is 6. The van der Waals surface area contributed by atoms with Gasteiger partial charge in [0.2, 0.25) is 0 Å². The Kier molecular flexibility index (Phi) is 5.75.